The van der Waals surface area contributed by atoms with Crippen molar-refractivity contribution in [1.29, 1.82) is 0 Å². The number of carbonyl (C=O) groups excluding carboxylic acids is 1. The number of hydrogen-bond acceptors (Lipinski definition) is 4. The lowest BCUT2D eigenvalue weighted by atomic mass is 10.1. The number of pyridine rings is 1. The van der Waals surface area contributed by atoms with E-state index < -0.39 is 5.91 Å². The average Bonchev–Trinajstić information content (AvgIpc) is 2.95. The molecule has 3 aromatic rings. The van der Waals surface area contributed by atoms with Crippen LogP contribution in [0.1, 0.15) is 28.9 Å². The van der Waals surface area contributed by atoms with Gasteiger partial charge in [-0.15, -0.1) is 0 Å². The summed E-state index contributed by atoms with van der Waals surface area (Å²) in [4.78, 5) is 27.9. The second-order valence-electron chi connectivity index (χ2n) is 5.67. The van der Waals surface area contributed by atoms with Gasteiger partial charge in [-0.2, -0.15) is 9.78 Å². The number of fused-ring (bicyclic) bond motifs is 3. The zero-order chi connectivity index (χ0) is 16.0. The lowest BCUT2D eigenvalue weighted by Crippen LogP contribution is -2.22. The van der Waals surface area contributed by atoms with E-state index in [4.69, 9.17) is 5.73 Å². The smallest absolute Gasteiger partial charge is 0.282 e. The minimum Gasteiger partial charge on any atom is -0.366 e. The Morgan fingerprint density at radius 2 is 2.09 bits per heavy atom. The van der Waals surface area contributed by atoms with Crippen molar-refractivity contribution in [3.8, 4) is 5.82 Å². The van der Waals surface area contributed by atoms with E-state index in [0.29, 0.717) is 16.8 Å². The Hall–Kier alpha value is -2.96. The molecule has 1 aliphatic heterocycles. The van der Waals surface area contributed by atoms with E-state index in [1.165, 1.54) is 22.6 Å². The standard InChI is InChI=1S/C16H15N5O2/c17-15(22)10-4-5-14(18-8-10)21-16(23)12-7-11-3-1-2-6-20(11)13(12)9-19-21/h4-5,7-9H,1-3,6H2,(H2,17,22). The van der Waals surface area contributed by atoms with E-state index in [1.54, 1.807) is 12.3 Å². The number of primary amides is 1. The maximum atomic E-state index is 12.7. The van der Waals surface area contributed by atoms with Crippen molar-refractivity contribution < 1.29 is 4.79 Å². The van der Waals surface area contributed by atoms with Gasteiger partial charge in [-0.25, -0.2) is 4.98 Å². The Morgan fingerprint density at radius 3 is 2.83 bits per heavy atom. The molecule has 2 N–H and O–H groups in total. The number of aromatic nitrogens is 4. The molecule has 3 aromatic heterocycles. The molecule has 116 valence electrons. The largest absolute Gasteiger partial charge is 0.366 e. The first kappa shape index (κ1) is 13.7. The van der Waals surface area contributed by atoms with E-state index in [9.17, 15) is 9.59 Å². The maximum Gasteiger partial charge on any atom is 0.282 e. The van der Waals surface area contributed by atoms with Gasteiger partial charge < -0.3 is 10.3 Å². The minimum absolute atomic E-state index is 0.205. The Balaban J connectivity index is 1.86. The van der Waals surface area contributed by atoms with Gasteiger partial charge >= 0.3 is 0 Å². The van der Waals surface area contributed by atoms with E-state index in [2.05, 4.69) is 14.6 Å². The van der Waals surface area contributed by atoms with Gasteiger partial charge in [-0.1, -0.05) is 0 Å². The molecule has 0 saturated heterocycles. The van der Waals surface area contributed by atoms with Gasteiger partial charge in [-0.3, -0.25) is 9.59 Å². The van der Waals surface area contributed by atoms with Crippen LogP contribution in [0.3, 0.4) is 0 Å². The fourth-order valence-electron chi connectivity index (χ4n) is 3.08. The quantitative estimate of drug-likeness (QED) is 0.764. The van der Waals surface area contributed by atoms with Gasteiger partial charge in [0, 0.05) is 18.4 Å². The number of nitrogens with zero attached hydrogens (tertiary/aromatic N) is 4. The zero-order valence-corrected chi connectivity index (χ0v) is 12.4. The Bertz CT molecular complexity index is 969. The van der Waals surface area contributed by atoms with E-state index >= 15 is 0 Å². The Kier molecular flexibility index (Phi) is 3.00. The summed E-state index contributed by atoms with van der Waals surface area (Å²) < 4.78 is 3.42. The third-order valence-corrected chi connectivity index (χ3v) is 4.26. The second-order valence-corrected chi connectivity index (χ2v) is 5.67. The van der Waals surface area contributed by atoms with Crippen molar-refractivity contribution in [3.63, 3.8) is 0 Å². The molecule has 0 fully saturated rings. The van der Waals surface area contributed by atoms with Gasteiger partial charge in [0.1, 0.15) is 0 Å². The molecule has 1 aliphatic rings. The summed E-state index contributed by atoms with van der Waals surface area (Å²) >= 11 is 0. The molecule has 0 aromatic carbocycles. The van der Waals surface area contributed by atoms with Gasteiger partial charge in [0.15, 0.2) is 5.82 Å². The second kappa shape index (κ2) is 5.05. The number of amides is 1. The van der Waals surface area contributed by atoms with Crippen LogP contribution in [0.15, 0.2) is 35.4 Å². The summed E-state index contributed by atoms with van der Waals surface area (Å²) in [6.07, 6.45) is 6.31. The van der Waals surface area contributed by atoms with Crippen LogP contribution in [-0.4, -0.2) is 25.2 Å². The first-order valence-electron chi connectivity index (χ1n) is 7.52. The molecule has 1 amide bonds. The molecule has 0 aliphatic carbocycles. The summed E-state index contributed by atoms with van der Waals surface area (Å²) in [6.45, 7) is 0.926. The van der Waals surface area contributed by atoms with Crippen molar-refractivity contribution in [3.05, 3.63) is 52.2 Å². The highest BCUT2D eigenvalue weighted by atomic mass is 16.1. The lowest BCUT2D eigenvalue weighted by Gasteiger charge is -2.15. The number of rotatable bonds is 2. The van der Waals surface area contributed by atoms with Crippen molar-refractivity contribution in [2.24, 2.45) is 5.73 Å². The Labute approximate surface area is 131 Å². The highest BCUT2D eigenvalue weighted by molar-refractivity contribution is 5.92. The first-order valence-corrected chi connectivity index (χ1v) is 7.52. The van der Waals surface area contributed by atoms with Crippen LogP contribution in [0.25, 0.3) is 16.7 Å². The number of aryl methyl sites for hydroxylation is 2. The molecule has 0 atom stereocenters. The SMILES string of the molecule is NC(=O)c1ccc(-n2ncc3c(cc4n3CCCC4)c2=O)nc1. The van der Waals surface area contributed by atoms with Gasteiger partial charge in [0.25, 0.3) is 5.56 Å². The van der Waals surface area contributed by atoms with E-state index in [0.717, 1.165) is 31.3 Å². The number of nitrogens with two attached hydrogens (primary N) is 1. The molecule has 0 saturated carbocycles. The average molecular weight is 309 g/mol. The zero-order valence-electron chi connectivity index (χ0n) is 12.4. The predicted molar refractivity (Wildman–Crippen MR) is 84.6 cm³/mol. The molecule has 0 unspecified atom stereocenters. The van der Waals surface area contributed by atoms with Crippen molar-refractivity contribution >= 4 is 16.8 Å². The fourth-order valence-corrected chi connectivity index (χ4v) is 3.08. The summed E-state index contributed by atoms with van der Waals surface area (Å²) in [7, 11) is 0. The predicted octanol–water partition coefficient (Wildman–Crippen LogP) is 1.02. The molecule has 0 spiro atoms. The van der Waals surface area contributed by atoms with Crippen LogP contribution in [0, 0.1) is 0 Å². The van der Waals surface area contributed by atoms with Crippen LogP contribution in [0.4, 0.5) is 0 Å². The van der Waals surface area contributed by atoms with Gasteiger partial charge in [-0.05, 0) is 37.5 Å². The molecular weight excluding hydrogens is 294 g/mol. The summed E-state index contributed by atoms with van der Waals surface area (Å²) in [5, 5.41) is 4.89. The number of hydrogen-bond donors (Lipinski definition) is 1. The Morgan fingerprint density at radius 1 is 1.22 bits per heavy atom. The first-order chi connectivity index (χ1) is 11.1. The molecule has 0 bridgehead atoms. The summed E-state index contributed by atoms with van der Waals surface area (Å²) in [5.74, 6) is -0.189. The summed E-state index contributed by atoms with van der Waals surface area (Å²) in [6, 6.07) is 5.05. The molecule has 7 heteroatoms. The molecule has 4 rings (SSSR count). The van der Waals surface area contributed by atoms with Gasteiger partial charge in [0.2, 0.25) is 5.91 Å². The van der Waals surface area contributed by atoms with Crippen LogP contribution in [0.2, 0.25) is 0 Å². The monoisotopic (exact) mass is 309 g/mol. The van der Waals surface area contributed by atoms with Crippen LogP contribution >= 0.6 is 0 Å². The highest BCUT2D eigenvalue weighted by Crippen LogP contribution is 2.22. The number of carbonyl (C=O) groups is 1. The summed E-state index contributed by atoms with van der Waals surface area (Å²) in [5.41, 5.74) is 7.34. The maximum absolute atomic E-state index is 12.7. The lowest BCUT2D eigenvalue weighted by molar-refractivity contribution is 0.1000. The minimum atomic E-state index is -0.556. The molecule has 4 heterocycles. The van der Waals surface area contributed by atoms with Crippen molar-refractivity contribution in [1.82, 2.24) is 19.3 Å². The normalized spacial score (nSPS) is 13.9. The van der Waals surface area contributed by atoms with E-state index in [-0.39, 0.29) is 5.56 Å². The van der Waals surface area contributed by atoms with Crippen LogP contribution in [0.5, 0.6) is 0 Å². The highest BCUT2D eigenvalue weighted by Gasteiger charge is 2.17. The fraction of sp³-hybridized carbons (Fsp3) is 0.250. The molecule has 0 radical (unpaired) electrons. The third-order valence-electron chi connectivity index (χ3n) is 4.26. The topological polar surface area (TPSA) is 95.8 Å². The van der Waals surface area contributed by atoms with E-state index in [1.807, 2.05) is 6.07 Å². The molecular formula is C16H15N5O2. The third kappa shape index (κ3) is 2.12. The molecule has 7 nitrogen and oxygen atoms in total. The van der Waals surface area contributed by atoms with Crippen LogP contribution in [-0.2, 0) is 13.0 Å². The van der Waals surface area contributed by atoms with Gasteiger partial charge in [0.05, 0.1) is 22.7 Å². The van der Waals surface area contributed by atoms with Crippen molar-refractivity contribution in [2.75, 3.05) is 0 Å². The molecule has 23 heavy (non-hydrogen) atoms. The van der Waals surface area contributed by atoms with Crippen molar-refractivity contribution in [2.45, 2.75) is 25.8 Å². The van der Waals surface area contributed by atoms with Crippen LogP contribution < -0.4 is 11.3 Å².